The molecule has 0 nitrogen and oxygen atoms in total. The number of allylic oxidation sites excluding steroid dienone is 4. The van der Waals surface area contributed by atoms with E-state index in [9.17, 15) is 0 Å². The summed E-state index contributed by atoms with van der Waals surface area (Å²) >= 11 is 0. The normalized spacial score (nSPS) is 19.2. The molecule has 1 aromatic rings. The van der Waals surface area contributed by atoms with Gasteiger partial charge in [-0.05, 0) is 18.4 Å². The minimum Gasteiger partial charge on any atom is -0.0775 e. The fraction of sp³-hybridized carbons (Fsp3) is 0.474. The maximum atomic E-state index is 2.56. The third-order valence-electron chi connectivity index (χ3n) is 4.96. The summed E-state index contributed by atoms with van der Waals surface area (Å²) in [6.07, 6.45) is 9.80. The zero-order chi connectivity index (χ0) is 14.8. The van der Waals surface area contributed by atoms with E-state index in [-0.39, 0.29) is 5.41 Å². The van der Waals surface area contributed by atoms with Crippen molar-refractivity contribution in [2.24, 2.45) is 5.92 Å². The molecule has 0 heterocycles. The molecular formula is C19H28Si. The third kappa shape index (κ3) is 2.69. The summed E-state index contributed by atoms with van der Waals surface area (Å²) in [5.41, 5.74) is 1.76. The van der Waals surface area contributed by atoms with Crippen molar-refractivity contribution in [3.63, 3.8) is 0 Å². The van der Waals surface area contributed by atoms with E-state index in [0.717, 1.165) is 0 Å². The zero-order valence-electron chi connectivity index (χ0n) is 13.6. The van der Waals surface area contributed by atoms with Crippen LogP contribution in [0.15, 0.2) is 53.8 Å². The number of hydrogen-bond donors (Lipinski definition) is 0. The lowest BCUT2D eigenvalue weighted by Crippen LogP contribution is -2.32. The summed E-state index contributed by atoms with van der Waals surface area (Å²) in [6, 6.07) is 11.1. The van der Waals surface area contributed by atoms with Crippen LogP contribution >= 0.6 is 0 Å². The summed E-state index contributed by atoms with van der Waals surface area (Å²) in [6.45, 7) is 12.0. The average Bonchev–Trinajstić information content (AvgIpc) is 2.92. The molecule has 2 rings (SSSR count). The van der Waals surface area contributed by atoms with Crippen LogP contribution in [0.2, 0.25) is 19.6 Å². The molecule has 1 aromatic carbocycles. The highest BCUT2D eigenvalue weighted by Crippen LogP contribution is 2.44. The Morgan fingerprint density at radius 1 is 1.00 bits per heavy atom. The Hall–Kier alpha value is -1.08. The molecule has 0 saturated carbocycles. The van der Waals surface area contributed by atoms with Crippen molar-refractivity contribution in [3.8, 4) is 0 Å². The molecule has 108 valence electrons. The minimum atomic E-state index is -1.20. The predicted octanol–water partition coefficient (Wildman–Crippen LogP) is 5.73. The van der Waals surface area contributed by atoms with Gasteiger partial charge in [0.1, 0.15) is 0 Å². The number of rotatable bonds is 5. The molecule has 0 amide bonds. The van der Waals surface area contributed by atoms with Gasteiger partial charge in [-0.1, -0.05) is 87.2 Å². The van der Waals surface area contributed by atoms with E-state index in [4.69, 9.17) is 0 Å². The van der Waals surface area contributed by atoms with Crippen LogP contribution in [0.4, 0.5) is 0 Å². The molecule has 1 unspecified atom stereocenters. The second-order valence-corrected chi connectivity index (χ2v) is 12.1. The first-order chi connectivity index (χ1) is 9.44. The maximum absolute atomic E-state index is 2.56. The Labute approximate surface area is 125 Å². The van der Waals surface area contributed by atoms with Gasteiger partial charge in [0.15, 0.2) is 0 Å². The van der Waals surface area contributed by atoms with Gasteiger partial charge in [0.05, 0.1) is 8.07 Å². The van der Waals surface area contributed by atoms with E-state index in [1.54, 1.807) is 5.20 Å². The molecule has 0 aliphatic heterocycles. The highest BCUT2D eigenvalue weighted by atomic mass is 28.3. The minimum absolute atomic E-state index is 0.263. The van der Waals surface area contributed by atoms with Crippen LogP contribution in [-0.2, 0) is 5.41 Å². The van der Waals surface area contributed by atoms with Gasteiger partial charge in [-0.2, -0.15) is 0 Å². The molecule has 0 saturated heterocycles. The van der Waals surface area contributed by atoms with Crippen molar-refractivity contribution in [3.05, 3.63) is 59.3 Å². The monoisotopic (exact) mass is 284 g/mol. The smallest absolute Gasteiger partial charge is 0.0771 e. The van der Waals surface area contributed by atoms with Crippen molar-refractivity contribution >= 4 is 8.07 Å². The van der Waals surface area contributed by atoms with Crippen LogP contribution in [0.1, 0.15) is 32.3 Å². The van der Waals surface area contributed by atoms with Crippen molar-refractivity contribution in [2.45, 2.75) is 51.7 Å². The Morgan fingerprint density at radius 3 is 2.05 bits per heavy atom. The lowest BCUT2D eigenvalue weighted by atomic mass is 9.67. The third-order valence-corrected chi connectivity index (χ3v) is 7.02. The summed E-state index contributed by atoms with van der Waals surface area (Å²) in [7, 11) is -1.20. The van der Waals surface area contributed by atoms with Gasteiger partial charge in [0, 0.05) is 11.3 Å². The van der Waals surface area contributed by atoms with Gasteiger partial charge < -0.3 is 0 Å². The Balaban J connectivity index is 2.42. The molecule has 1 atom stereocenters. The molecule has 0 fully saturated rings. The van der Waals surface area contributed by atoms with Gasteiger partial charge >= 0.3 is 0 Å². The number of benzene rings is 1. The van der Waals surface area contributed by atoms with Crippen LogP contribution in [-0.4, -0.2) is 8.07 Å². The molecule has 1 heteroatoms. The molecule has 0 aromatic heterocycles. The highest BCUT2D eigenvalue weighted by Gasteiger charge is 2.37. The molecule has 0 spiro atoms. The lowest BCUT2D eigenvalue weighted by molar-refractivity contribution is 0.338. The Kier molecular flexibility index (Phi) is 4.39. The van der Waals surface area contributed by atoms with Crippen molar-refractivity contribution in [1.82, 2.24) is 0 Å². The fourth-order valence-electron chi connectivity index (χ4n) is 3.45. The van der Waals surface area contributed by atoms with E-state index in [2.05, 4.69) is 82.0 Å². The van der Waals surface area contributed by atoms with Crippen LogP contribution < -0.4 is 0 Å². The standard InChI is InChI=1S/C19H28Si/c1-6-19(7-2,16-11-9-8-10-12-16)17-13-14-18(15-17)20(3,4)5/h8-15,17H,6-7H2,1-5H3. The van der Waals surface area contributed by atoms with E-state index in [0.29, 0.717) is 5.92 Å². The molecule has 0 bridgehead atoms. The molecular weight excluding hydrogens is 256 g/mol. The maximum Gasteiger partial charge on any atom is 0.0771 e. The molecule has 0 radical (unpaired) electrons. The lowest BCUT2D eigenvalue weighted by Gasteiger charge is -2.37. The van der Waals surface area contributed by atoms with Gasteiger partial charge in [-0.3, -0.25) is 0 Å². The summed E-state index contributed by atoms with van der Waals surface area (Å²) in [5.74, 6) is 0.557. The van der Waals surface area contributed by atoms with Gasteiger partial charge in [0.25, 0.3) is 0 Å². The van der Waals surface area contributed by atoms with Gasteiger partial charge in [-0.25, -0.2) is 0 Å². The first kappa shape index (κ1) is 15.3. The highest BCUT2D eigenvalue weighted by molar-refractivity contribution is 6.83. The molecule has 1 aliphatic rings. The van der Waals surface area contributed by atoms with E-state index in [1.807, 2.05) is 0 Å². The predicted molar refractivity (Wildman–Crippen MR) is 92.8 cm³/mol. The fourth-order valence-corrected chi connectivity index (χ4v) is 4.72. The second kappa shape index (κ2) is 5.73. The largest absolute Gasteiger partial charge is 0.0775 e. The summed E-state index contributed by atoms with van der Waals surface area (Å²) in [4.78, 5) is 0. The quantitative estimate of drug-likeness (QED) is 0.605. The zero-order valence-corrected chi connectivity index (χ0v) is 14.6. The van der Waals surface area contributed by atoms with Crippen LogP contribution in [0.25, 0.3) is 0 Å². The first-order valence-corrected chi connectivity index (χ1v) is 11.4. The van der Waals surface area contributed by atoms with Crippen molar-refractivity contribution in [2.75, 3.05) is 0 Å². The van der Waals surface area contributed by atoms with E-state index < -0.39 is 8.07 Å². The van der Waals surface area contributed by atoms with Crippen LogP contribution in [0.3, 0.4) is 0 Å². The van der Waals surface area contributed by atoms with Crippen molar-refractivity contribution in [1.29, 1.82) is 0 Å². The summed E-state index contributed by atoms with van der Waals surface area (Å²) in [5, 5.41) is 1.62. The Morgan fingerprint density at radius 2 is 1.60 bits per heavy atom. The van der Waals surface area contributed by atoms with Crippen molar-refractivity contribution < 1.29 is 0 Å². The number of hydrogen-bond acceptors (Lipinski definition) is 0. The second-order valence-electron chi connectivity index (χ2n) is 6.99. The van der Waals surface area contributed by atoms with Crippen LogP contribution in [0.5, 0.6) is 0 Å². The average molecular weight is 285 g/mol. The molecule has 20 heavy (non-hydrogen) atoms. The van der Waals surface area contributed by atoms with E-state index >= 15 is 0 Å². The molecule has 0 N–H and O–H groups in total. The Bertz CT molecular complexity index is 498. The topological polar surface area (TPSA) is 0 Å². The van der Waals surface area contributed by atoms with Gasteiger partial charge in [-0.15, -0.1) is 0 Å². The summed E-state index contributed by atoms with van der Waals surface area (Å²) < 4.78 is 0. The first-order valence-electron chi connectivity index (χ1n) is 7.90. The van der Waals surface area contributed by atoms with Gasteiger partial charge in [0.2, 0.25) is 0 Å². The molecule has 1 aliphatic carbocycles. The SMILES string of the molecule is CCC(CC)(c1ccccc1)C1C=CC([Si](C)(C)C)=C1. The van der Waals surface area contributed by atoms with Crippen LogP contribution in [0, 0.1) is 5.92 Å². The van der Waals surface area contributed by atoms with E-state index in [1.165, 1.54) is 18.4 Å².